The normalized spacial score (nSPS) is 10.9. The number of carbonyl (C=O) groups excluding carboxylic acids is 2. The van der Waals surface area contributed by atoms with Crippen LogP contribution in [0, 0.1) is 17.0 Å². The molecule has 0 bridgehead atoms. The van der Waals surface area contributed by atoms with Gasteiger partial charge in [-0.15, -0.1) is 0 Å². The van der Waals surface area contributed by atoms with Gasteiger partial charge in [0.25, 0.3) is 11.6 Å². The fourth-order valence-corrected chi connectivity index (χ4v) is 2.37. The van der Waals surface area contributed by atoms with E-state index in [0.717, 1.165) is 17.7 Å². The molecule has 29 heavy (non-hydrogen) atoms. The van der Waals surface area contributed by atoms with E-state index in [1.54, 1.807) is 13.0 Å². The number of nitrogens with zero attached hydrogens (tertiary/aromatic N) is 1. The number of hydrogen-bond acceptors (Lipinski definition) is 6. The zero-order valence-electron chi connectivity index (χ0n) is 15.2. The van der Waals surface area contributed by atoms with E-state index in [-0.39, 0.29) is 11.3 Å². The summed E-state index contributed by atoms with van der Waals surface area (Å²) in [4.78, 5) is 33.8. The lowest BCUT2D eigenvalue weighted by Gasteiger charge is -2.14. The molecule has 0 spiro atoms. The van der Waals surface area contributed by atoms with Gasteiger partial charge in [0, 0.05) is 12.1 Å². The number of esters is 1. The Morgan fingerprint density at radius 2 is 1.86 bits per heavy atom. The average molecular weight is 412 g/mol. The second kappa shape index (κ2) is 8.59. The first kappa shape index (κ1) is 21.7. The highest BCUT2D eigenvalue weighted by atomic mass is 19.4. The Labute approximate surface area is 162 Å². The molecule has 0 radical (unpaired) electrons. The monoisotopic (exact) mass is 412 g/mol. The topological polar surface area (TPSA) is 108 Å². The molecular formula is C18H15F3N2O6. The van der Waals surface area contributed by atoms with Crippen LogP contribution >= 0.6 is 0 Å². The van der Waals surface area contributed by atoms with E-state index in [2.05, 4.69) is 0 Å². The summed E-state index contributed by atoms with van der Waals surface area (Å²) in [5, 5.41) is 12.6. The molecule has 0 aliphatic heterocycles. The van der Waals surface area contributed by atoms with Crippen molar-refractivity contribution in [3.05, 3.63) is 63.2 Å². The molecule has 0 aliphatic carbocycles. The third kappa shape index (κ3) is 5.43. The number of nitro groups is 1. The fourth-order valence-electron chi connectivity index (χ4n) is 2.37. The molecule has 8 nitrogen and oxygen atoms in total. The van der Waals surface area contributed by atoms with Crippen LogP contribution in [0.1, 0.15) is 21.5 Å². The lowest BCUT2D eigenvalue weighted by molar-refractivity contribution is -0.385. The van der Waals surface area contributed by atoms with Crippen molar-refractivity contribution in [2.45, 2.75) is 13.1 Å². The van der Waals surface area contributed by atoms with E-state index in [1.807, 2.05) is 5.32 Å². The number of aryl methyl sites for hydroxylation is 1. The summed E-state index contributed by atoms with van der Waals surface area (Å²) in [5.41, 5.74) is -2.10. The number of anilines is 1. The Balaban J connectivity index is 2.13. The Bertz CT molecular complexity index is 959. The fraction of sp³-hybridized carbons (Fsp3) is 0.222. The predicted octanol–water partition coefficient (Wildman–Crippen LogP) is 3.73. The van der Waals surface area contributed by atoms with Crippen LogP contribution in [0.5, 0.6) is 5.75 Å². The Kier molecular flexibility index (Phi) is 6.42. The smallest absolute Gasteiger partial charge is 0.418 e. The molecule has 0 saturated carbocycles. The minimum Gasteiger partial charge on any atom is -0.496 e. The van der Waals surface area contributed by atoms with Gasteiger partial charge >= 0.3 is 12.1 Å². The van der Waals surface area contributed by atoms with Crippen molar-refractivity contribution in [1.29, 1.82) is 0 Å². The number of alkyl halides is 3. The number of benzene rings is 2. The number of ether oxygens (including phenoxy) is 2. The number of carbonyl (C=O) groups is 2. The summed E-state index contributed by atoms with van der Waals surface area (Å²) in [7, 11) is 1.33. The van der Waals surface area contributed by atoms with Crippen LogP contribution in [-0.2, 0) is 15.7 Å². The molecule has 0 heterocycles. The minimum atomic E-state index is -4.94. The predicted molar refractivity (Wildman–Crippen MR) is 94.7 cm³/mol. The Morgan fingerprint density at radius 3 is 2.45 bits per heavy atom. The molecule has 0 atom stereocenters. The van der Waals surface area contributed by atoms with E-state index in [4.69, 9.17) is 9.47 Å². The number of amides is 1. The number of non-ortho nitro benzene ring substituents is 1. The lowest BCUT2D eigenvalue weighted by Crippen LogP contribution is -2.23. The van der Waals surface area contributed by atoms with E-state index in [9.17, 15) is 32.9 Å². The number of rotatable bonds is 6. The molecule has 1 amide bonds. The van der Waals surface area contributed by atoms with Gasteiger partial charge in [-0.2, -0.15) is 13.2 Å². The number of nitro benzene ring substituents is 1. The van der Waals surface area contributed by atoms with Gasteiger partial charge in [0.1, 0.15) is 11.3 Å². The molecule has 2 aromatic carbocycles. The van der Waals surface area contributed by atoms with Crippen LogP contribution in [0.25, 0.3) is 0 Å². The summed E-state index contributed by atoms with van der Waals surface area (Å²) < 4.78 is 49.2. The van der Waals surface area contributed by atoms with Crippen molar-refractivity contribution in [2.24, 2.45) is 0 Å². The molecular weight excluding hydrogens is 397 g/mol. The summed E-state index contributed by atoms with van der Waals surface area (Å²) in [6.45, 7) is 0.848. The van der Waals surface area contributed by atoms with Crippen LogP contribution in [0.15, 0.2) is 36.4 Å². The standard InChI is InChI=1S/C18H15F3N2O6/c1-10-3-6-15(28-2)12(7-10)17(25)29-9-16(24)22-14-5-4-11(23(26)27)8-13(14)18(19,20)21/h3-8H,9H2,1-2H3,(H,22,24). The zero-order chi connectivity index (χ0) is 21.8. The highest BCUT2D eigenvalue weighted by Gasteiger charge is 2.35. The van der Waals surface area contributed by atoms with Gasteiger partial charge < -0.3 is 14.8 Å². The highest BCUT2D eigenvalue weighted by molar-refractivity contribution is 5.97. The number of methoxy groups -OCH3 is 1. The van der Waals surface area contributed by atoms with Gasteiger partial charge in [-0.3, -0.25) is 14.9 Å². The maximum atomic E-state index is 13.1. The first-order valence-corrected chi connectivity index (χ1v) is 8.00. The molecule has 154 valence electrons. The number of nitrogens with one attached hydrogen (secondary N) is 1. The van der Waals surface area contributed by atoms with Gasteiger partial charge in [-0.05, 0) is 25.1 Å². The van der Waals surface area contributed by atoms with E-state index >= 15 is 0 Å². The van der Waals surface area contributed by atoms with Gasteiger partial charge in [-0.25, -0.2) is 4.79 Å². The molecule has 0 fully saturated rings. The van der Waals surface area contributed by atoms with Gasteiger partial charge in [0.2, 0.25) is 0 Å². The maximum Gasteiger partial charge on any atom is 0.418 e. The van der Waals surface area contributed by atoms with Crippen molar-refractivity contribution in [3.8, 4) is 5.75 Å². The van der Waals surface area contributed by atoms with Gasteiger partial charge in [-0.1, -0.05) is 11.6 Å². The molecule has 0 aromatic heterocycles. The second-order valence-corrected chi connectivity index (χ2v) is 5.81. The van der Waals surface area contributed by atoms with E-state index in [1.165, 1.54) is 19.2 Å². The Morgan fingerprint density at radius 1 is 1.17 bits per heavy atom. The lowest BCUT2D eigenvalue weighted by atomic mass is 10.1. The van der Waals surface area contributed by atoms with Crippen molar-refractivity contribution >= 4 is 23.3 Å². The molecule has 0 unspecified atom stereocenters. The largest absolute Gasteiger partial charge is 0.496 e. The van der Waals surface area contributed by atoms with Gasteiger partial charge in [0.05, 0.1) is 23.3 Å². The highest BCUT2D eigenvalue weighted by Crippen LogP contribution is 2.37. The third-order valence-corrected chi connectivity index (χ3v) is 3.70. The first-order chi connectivity index (χ1) is 13.5. The minimum absolute atomic E-state index is 0.0478. The molecule has 0 aliphatic rings. The van der Waals surface area contributed by atoms with Crippen LogP contribution in [0.2, 0.25) is 0 Å². The zero-order valence-corrected chi connectivity index (χ0v) is 15.2. The van der Waals surface area contributed by atoms with Crippen molar-refractivity contribution in [3.63, 3.8) is 0 Å². The van der Waals surface area contributed by atoms with Crippen LogP contribution in [0.3, 0.4) is 0 Å². The Hall–Kier alpha value is -3.63. The number of halogens is 3. The SMILES string of the molecule is COc1ccc(C)cc1C(=O)OCC(=O)Nc1ccc([N+](=O)[O-])cc1C(F)(F)F. The summed E-state index contributed by atoms with van der Waals surface area (Å²) in [5.74, 6) is -1.75. The average Bonchev–Trinajstić information content (AvgIpc) is 2.65. The quantitative estimate of drug-likeness (QED) is 0.440. The summed E-state index contributed by atoms with van der Waals surface area (Å²) in [6, 6.07) is 6.56. The molecule has 1 N–H and O–H groups in total. The second-order valence-electron chi connectivity index (χ2n) is 5.81. The molecule has 2 aromatic rings. The summed E-state index contributed by atoms with van der Waals surface area (Å²) in [6.07, 6.45) is -4.94. The number of hydrogen-bond donors (Lipinski definition) is 1. The van der Waals surface area contributed by atoms with Crippen LogP contribution in [0.4, 0.5) is 24.5 Å². The van der Waals surface area contributed by atoms with Crippen LogP contribution in [-0.4, -0.2) is 30.5 Å². The maximum absolute atomic E-state index is 13.1. The van der Waals surface area contributed by atoms with Crippen molar-refractivity contribution < 1.29 is 37.2 Å². The van der Waals surface area contributed by atoms with Crippen LogP contribution < -0.4 is 10.1 Å². The molecule has 11 heteroatoms. The molecule has 0 saturated heterocycles. The first-order valence-electron chi connectivity index (χ1n) is 8.00. The molecule has 2 rings (SSSR count). The van der Waals surface area contributed by atoms with E-state index in [0.29, 0.717) is 6.07 Å². The van der Waals surface area contributed by atoms with Crippen molar-refractivity contribution in [1.82, 2.24) is 0 Å². The van der Waals surface area contributed by atoms with E-state index < -0.39 is 46.5 Å². The van der Waals surface area contributed by atoms with Crippen molar-refractivity contribution in [2.75, 3.05) is 19.0 Å². The van der Waals surface area contributed by atoms with Gasteiger partial charge in [0.15, 0.2) is 6.61 Å². The third-order valence-electron chi connectivity index (χ3n) is 3.70. The summed E-state index contributed by atoms with van der Waals surface area (Å²) >= 11 is 0.